The first-order valence-corrected chi connectivity index (χ1v) is 6.65. The molecule has 4 N–H and O–H groups in total. The molecule has 94 valence electrons. The van der Waals surface area contributed by atoms with Gasteiger partial charge in [-0.3, -0.25) is 15.2 Å². The number of rotatable bonds is 2. The summed E-state index contributed by atoms with van der Waals surface area (Å²) in [5.41, 5.74) is 6.93. The minimum absolute atomic E-state index is 0.259. The van der Waals surface area contributed by atoms with Crippen molar-refractivity contribution in [1.29, 1.82) is 0 Å². The van der Waals surface area contributed by atoms with Gasteiger partial charge in [-0.1, -0.05) is 0 Å². The number of carbonyl (C=O) groups is 1. The van der Waals surface area contributed by atoms with Crippen LogP contribution in [0.4, 0.5) is 10.9 Å². The van der Waals surface area contributed by atoms with Crippen molar-refractivity contribution in [3.63, 3.8) is 0 Å². The van der Waals surface area contributed by atoms with E-state index in [0.29, 0.717) is 16.6 Å². The van der Waals surface area contributed by atoms with Crippen LogP contribution in [0.3, 0.4) is 0 Å². The van der Waals surface area contributed by atoms with Crippen molar-refractivity contribution in [2.24, 2.45) is 0 Å². The first kappa shape index (κ1) is 11.2. The summed E-state index contributed by atoms with van der Waals surface area (Å²) < 4.78 is 0. The molecule has 0 radical (unpaired) electrons. The Morgan fingerprint density at radius 2 is 2.28 bits per heavy atom. The Morgan fingerprint density at radius 1 is 1.44 bits per heavy atom. The molecule has 0 bridgehead atoms. The number of nitrogen functional groups attached to an aromatic ring is 1. The predicted molar refractivity (Wildman–Crippen MR) is 69.7 cm³/mol. The molecule has 1 aliphatic rings. The van der Waals surface area contributed by atoms with Crippen molar-refractivity contribution in [1.82, 2.24) is 15.2 Å². The highest BCUT2D eigenvalue weighted by Gasteiger charge is 2.17. The Balaban J connectivity index is 1.76. The summed E-state index contributed by atoms with van der Waals surface area (Å²) in [6.07, 6.45) is 4.47. The van der Waals surface area contributed by atoms with Gasteiger partial charge in [0.25, 0.3) is 5.91 Å². The second-order valence-electron chi connectivity index (χ2n) is 4.26. The molecule has 18 heavy (non-hydrogen) atoms. The lowest BCUT2D eigenvalue weighted by Gasteiger charge is -2.06. The van der Waals surface area contributed by atoms with E-state index in [0.717, 1.165) is 18.5 Å². The number of hydrogen-bond donors (Lipinski definition) is 3. The van der Waals surface area contributed by atoms with Crippen LogP contribution in [0.2, 0.25) is 0 Å². The summed E-state index contributed by atoms with van der Waals surface area (Å²) in [5, 5.41) is 9.72. The normalized spacial score (nSPS) is 14.2. The molecule has 0 unspecified atom stereocenters. The average Bonchev–Trinajstić information content (AvgIpc) is 2.94. The molecule has 0 spiro atoms. The molecule has 0 saturated carbocycles. The van der Waals surface area contributed by atoms with Crippen LogP contribution >= 0.6 is 11.3 Å². The van der Waals surface area contributed by atoms with Crippen LogP contribution in [0.25, 0.3) is 0 Å². The number of anilines is 2. The van der Waals surface area contributed by atoms with Gasteiger partial charge in [-0.25, -0.2) is 4.98 Å². The van der Waals surface area contributed by atoms with Crippen LogP contribution in [0, 0.1) is 0 Å². The van der Waals surface area contributed by atoms with E-state index < -0.39 is 0 Å². The number of nitrogens with one attached hydrogen (secondary N) is 2. The largest absolute Gasteiger partial charge is 0.382 e. The van der Waals surface area contributed by atoms with Crippen molar-refractivity contribution in [2.75, 3.05) is 11.1 Å². The highest BCUT2D eigenvalue weighted by Crippen LogP contribution is 2.29. The van der Waals surface area contributed by atoms with Crippen molar-refractivity contribution >= 4 is 28.2 Å². The highest BCUT2D eigenvalue weighted by atomic mass is 32.1. The molecule has 6 nitrogen and oxygen atoms in total. The molecule has 2 heterocycles. The zero-order valence-electron chi connectivity index (χ0n) is 9.69. The summed E-state index contributed by atoms with van der Waals surface area (Å²) in [4.78, 5) is 17.6. The molecule has 7 heteroatoms. The number of hydrogen-bond acceptors (Lipinski definition) is 5. The first-order chi connectivity index (χ1) is 8.72. The number of fused-ring (bicyclic) bond motifs is 1. The van der Waals surface area contributed by atoms with Gasteiger partial charge < -0.3 is 5.73 Å². The Kier molecular flexibility index (Phi) is 2.75. The maximum Gasteiger partial charge on any atom is 0.275 e. The standard InChI is InChI=1S/C11H13N5OS/c12-9-5-7(15-16-9)10(17)14-11-13-6-3-1-2-4-8(6)18-11/h5H,1-4H2,(H3,12,15,16)(H,13,14,17). The predicted octanol–water partition coefficient (Wildman–Crippen LogP) is 1.58. The van der Waals surface area contributed by atoms with E-state index in [4.69, 9.17) is 5.73 Å². The molecule has 2 aromatic heterocycles. The second kappa shape index (κ2) is 4.41. The first-order valence-electron chi connectivity index (χ1n) is 5.83. The molecule has 1 amide bonds. The smallest absolute Gasteiger partial charge is 0.275 e. The van der Waals surface area contributed by atoms with Gasteiger partial charge in [0.15, 0.2) is 5.13 Å². The van der Waals surface area contributed by atoms with Gasteiger partial charge in [-0.05, 0) is 25.7 Å². The Hall–Kier alpha value is -1.89. The minimum Gasteiger partial charge on any atom is -0.382 e. The fourth-order valence-electron chi connectivity index (χ4n) is 2.02. The summed E-state index contributed by atoms with van der Waals surface area (Å²) >= 11 is 1.56. The van der Waals surface area contributed by atoms with E-state index >= 15 is 0 Å². The van der Waals surface area contributed by atoms with Crippen LogP contribution < -0.4 is 11.1 Å². The van der Waals surface area contributed by atoms with E-state index in [1.54, 1.807) is 11.3 Å². The van der Waals surface area contributed by atoms with Crippen molar-refractivity contribution in [3.05, 3.63) is 22.3 Å². The molecule has 0 aromatic carbocycles. The molecule has 0 fully saturated rings. The van der Waals surface area contributed by atoms with Gasteiger partial charge in [0.2, 0.25) is 0 Å². The zero-order chi connectivity index (χ0) is 12.5. The van der Waals surface area contributed by atoms with Crippen molar-refractivity contribution in [2.45, 2.75) is 25.7 Å². The highest BCUT2D eigenvalue weighted by molar-refractivity contribution is 7.15. The molecule has 1 aliphatic carbocycles. The summed E-state index contributed by atoms with van der Waals surface area (Å²) in [7, 11) is 0. The Labute approximate surface area is 108 Å². The second-order valence-corrected chi connectivity index (χ2v) is 5.34. The van der Waals surface area contributed by atoms with E-state index in [9.17, 15) is 4.79 Å². The van der Waals surface area contributed by atoms with E-state index in [1.165, 1.54) is 23.8 Å². The Bertz CT molecular complexity index is 565. The number of nitrogens with two attached hydrogens (primary N) is 1. The van der Waals surface area contributed by atoms with E-state index in [1.807, 2.05) is 0 Å². The van der Waals surface area contributed by atoms with Crippen molar-refractivity contribution in [3.8, 4) is 0 Å². The maximum atomic E-state index is 11.9. The SMILES string of the molecule is Nc1cc(C(=O)Nc2nc3c(s2)CCCC3)[nH]n1. The summed E-state index contributed by atoms with van der Waals surface area (Å²) in [6, 6.07) is 1.50. The molecule has 0 saturated heterocycles. The summed E-state index contributed by atoms with van der Waals surface area (Å²) in [5.74, 6) is 0.0453. The average molecular weight is 263 g/mol. The van der Waals surface area contributed by atoms with Gasteiger partial charge in [0, 0.05) is 10.9 Å². The minimum atomic E-state index is -0.259. The monoisotopic (exact) mass is 263 g/mol. The third kappa shape index (κ3) is 2.08. The maximum absolute atomic E-state index is 11.9. The number of amides is 1. The number of thiazole rings is 1. The van der Waals surface area contributed by atoms with E-state index in [-0.39, 0.29) is 5.91 Å². The lowest BCUT2D eigenvalue weighted by atomic mass is 10.0. The summed E-state index contributed by atoms with van der Waals surface area (Å²) in [6.45, 7) is 0. The van der Waals surface area contributed by atoms with Gasteiger partial charge in [0.1, 0.15) is 11.5 Å². The molecule has 3 rings (SSSR count). The fraction of sp³-hybridized carbons (Fsp3) is 0.364. The number of aryl methyl sites for hydroxylation is 2. The Morgan fingerprint density at radius 3 is 3.00 bits per heavy atom. The quantitative estimate of drug-likeness (QED) is 0.766. The third-order valence-corrected chi connectivity index (χ3v) is 3.98. The van der Waals surface area contributed by atoms with Crippen molar-refractivity contribution < 1.29 is 4.79 Å². The van der Waals surface area contributed by atoms with Crippen LogP contribution in [-0.4, -0.2) is 21.1 Å². The van der Waals surface area contributed by atoms with Gasteiger partial charge in [-0.2, -0.15) is 5.10 Å². The lowest BCUT2D eigenvalue weighted by molar-refractivity contribution is 0.102. The third-order valence-electron chi connectivity index (χ3n) is 2.91. The number of H-pyrrole nitrogens is 1. The molecule has 0 atom stereocenters. The van der Waals surface area contributed by atoms with Gasteiger partial charge >= 0.3 is 0 Å². The zero-order valence-corrected chi connectivity index (χ0v) is 10.5. The number of carbonyl (C=O) groups excluding carboxylic acids is 1. The lowest BCUT2D eigenvalue weighted by Crippen LogP contribution is -2.12. The van der Waals surface area contributed by atoms with Crippen LogP contribution in [0.15, 0.2) is 6.07 Å². The number of aromatic nitrogens is 3. The molecular formula is C11H13N5OS. The fourth-order valence-corrected chi connectivity index (χ4v) is 3.07. The van der Waals surface area contributed by atoms with Gasteiger partial charge in [-0.15, -0.1) is 11.3 Å². The number of aromatic amines is 1. The van der Waals surface area contributed by atoms with Gasteiger partial charge in [0.05, 0.1) is 5.69 Å². The molecule has 2 aromatic rings. The molecular weight excluding hydrogens is 250 g/mol. The molecule has 0 aliphatic heterocycles. The van der Waals surface area contributed by atoms with Crippen LogP contribution in [0.5, 0.6) is 0 Å². The topological polar surface area (TPSA) is 96.7 Å². The van der Waals surface area contributed by atoms with E-state index in [2.05, 4.69) is 20.5 Å². The van der Waals surface area contributed by atoms with Crippen LogP contribution in [0.1, 0.15) is 33.9 Å². The number of nitrogens with zero attached hydrogens (tertiary/aromatic N) is 2. The van der Waals surface area contributed by atoms with Crippen LogP contribution in [-0.2, 0) is 12.8 Å².